The van der Waals surface area contributed by atoms with Crippen LogP contribution < -0.4 is 5.46 Å². The molecule has 0 saturated carbocycles. The number of hydrogen-bond donors (Lipinski definition) is 0. The van der Waals surface area contributed by atoms with Crippen molar-refractivity contribution in [3.8, 4) is 11.4 Å². The molecule has 22 heavy (non-hydrogen) atoms. The lowest BCUT2D eigenvalue weighted by Crippen LogP contribution is -2.41. The van der Waals surface area contributed by atoms with E-state index in [2.05, 4.69) is 10.1 Å². The Kier molecular flexibility index (Phi) is 3.38. The van der Waals surface area contributed by atoms with Crippen molar-refractivity contribution >= 4 is 12.6 Å². The van der Waals surface area contributed by atoms with E-state index < -0.39 is 24.1 Å². The largest absolute Gasteiger partial charge is 0.497 e. The van der Waals surface area contributed by atoms with Gasteiger partial charge in [-0.3, -0.25) is 4.68 Å². The molecule has 5 nitrogen and oxygen atoms in total. The lowest BCUT2D eigenvalue weighted by molar-refractivity contribution is 0.00578. The molecular weight excluding hydrogens is 284 g/mol. The van der Waals surface area contributed by atoms with Gasteiger partial charge >= 0.3 is 7.12 Å². The Morgan fingerprint density at radius 2 is 1.77 bits per heavy atom. The van der Waals surface area contributed by atoms with E-state index in [4.69, 9.17) is 9.31 Å². The van der Waals surface area contributed by atoms with Gasteiger partial charge in [-0.2, -0.15) is 5.10 Å². The summed E-state index contributed by atoms with van der Waals surface area (Å²) in [7, 11) is 1.00. The van der Waals surface area contributed by atoms with Crippen molar-refractivity contribution in [2.75, 3.05) is 0 Å². The Morgan fingerprint density at radius 1 is 1.14 bits per heavy atom. The summed E-state index contributed by atoms with van der Waals surface area (Å²) in [5.74, 6) is -0.0643. The fourth-order valence-electron chi connectivity index (χ4n) is 2.34. The maximum atomic E-state index is 14.9. The van der Waals surface area contributed by atoms with Gasteiger partial charge in [-0.1, -0.05) is 12.1 Å². The van der Waals surface area contributed by atoms with Crippen LogP contribution in [0.4, 0.5) is 4.39 Å². The SMILES string of the molecule is Cn1cnc(-c2cccc(B3OC(C)(C)C(C)(C)O3)c2F)n1. The van der Waals surface area contributed by atoms with E-state index in [-0.39, 0.29) is 0 Å². The van der Waals surface area contributed by atoms with Gasteiger partial charge in [-0.25, -0.2) is 9.37 Å². The highest BCUT2D eigenvalue weighted by Gasteiger charge is 2.52. The van der Waals surface area contributed by atoms with Gasteiger partial charge in [0.1, 0.15) is 12.1 Å². The first-order chi connectivity index (χ1) is 10.2. The average Bonchev–Trinajstić information content (AvgIpc) is 2.92. The highest BCUT2D eigenvalue weighted by atomic mass is 19.1. The molecule has 7 heteroatoms. The van der Waals surface area contributed by atoms with Crippen molar-refractivity contribution in [2.45, 2.75) is 38.9 Å². The average molecular weight is 303 g/mol. The number of aryl methyl sites for hydroxylation is 1. The van der Waals surface area contributed by atoms with Crippen molar-refractivity contribution in [1.29, 1.82) is 0 Å². The normalized spacial score (nSPS) is 19.6. The molecule has 0 spiro atoms. The second-order valence-electron chi connectivity index (χ2n) is 6.54. The van der Waals surface area contributed by atoms with Crippen LogP contribution in [-0.4, -0.2) is 33.1 Å². The molecule has 0 atom stereocenters. The van der Waals surface area contributed by atoms with Crippen LogP contribution in [0.25, 0.3) is 11.4 Å². The molecule has 0 bridgehead atoms. The fourth-order valence-corrected chi connectivity index (χ4v) is 2.34. The standard InChI is InChI=1S/C15H19BFN3O2/c1-14(2)15(3,4)22-16(21-14)11-8-6-7-10(12(11)17)13-18-9-20(5)19-13/h6-9H,1-5H3. The molecule has 0 amide bonds. The van der Waals surface area contributed by atoms with E-state index in [1.807, 2.05) is 27.7 Å². The molecule has 0 aliphatic carbocycles. The molecule has 3 rings (SSSR count). The van der Waals surface area contributed by atoms with Crippen LogP contribution in [0.5, 0.6) is 0 Å². The minimum Gasteiger partial charge on any atom is -0.399 e. The minimum atomic E-state index is -0.742. The van der Waals surface area contributed by atoms with Gasteiger partial charge in [0.05, 0.1) is 16.8 Å². The molecule has 1 aliphatic heterocycles. The van der Waals surface area contributed by atoms with Crippen molar-refractivity contribution in [3.63, 3.8) is 0 Å². The molecule has 1 fully saturated rings. The predicted octanol–water partition coefficient (Wildman–Crippen LogP) is 1.92. The third-order valence-corrected chi connectivity index (χ3v) is 4.38. The van der Waals surface area contributed by atoms with Gasteiger partial charge in [-0.05, 0) is 33.8 Å². The van der Waals surface area contributed by atoms with Crippen LogP contribution in [0, 0.1) is 5.82 Å². The zero-order valence-corrected chi connectivity index (χ0v) is 13.4. The van der Waals surface area contributed by atoms with Gasteiger partial charge < -0.3 is 9.31 Å². The highest BCUT2D eigenvalue weighted by molar-refractivity contribution is 6.62. The summed E-state index contributed by atoms with van der Waals surface area (Å²) in [6.07, 6.45) is 1.54. The summed E-state index contributed by atoms with van der Waals surface area (Å²) < 4.78 is 28.2. The number of rotatable bonds is 2. The summed E-state index contributed by atoms with van der Waals surface area (Å²) in [4.78, 5) is 4.10. The Hall–Kier alpha value is -1.73. The molecule has 1 aromatic carbocycles. The molecule has 0 radical (unpaired) electrons. The Morgan fingerprint density at radius 3 is 2.32 bits per heavy atom. The number of hydrogen-bond acceptors (Lipinski definition) is 4. The summed E-state index contributed by atoms with van der Waals surface area (Å²) in [6, 6.07) is 5.08. The van der Waals surface area contributed by atoms with Crippen LogP contribution in [0.2, 0.25) is 0 Å². The monoisotopic (exact) mass is 303 g/mol. The van der Waals surface area contributed by atoms with Gasteiger partial charge in [0, 0.05) is 12.5 Å². The van der Waals surface area contributed by atoms with Crippen molar-refractivity contribution < 1.29 is 13.7 Å². The Labute approximate surface area is 129 Å². The summed E-state index contributed by atoms with van der Waals surface area (Å²) >= 11 is 0. The van der Waals surface area contributed by atoms with Crippen LogP contribution in [-0.2, 0) is 16.4 Å². The minimum absolute atomic E-state index is 0.341. The van der Waals surface area contributed by atoms with Gasteiger partial charge in [0.2, 0.25) is 0 Å². The third kappa shape index (κ3) is 2.34. The van der Waals surface area contributed by atoms with E-state index in [0.29, 0.717) is 16.9 Å². The van der Waals surface area contributed by atoms with Crippen molar-refractivity contribution in [3.05, 3.63) is 30.3 Å². The Bertz CT molecular complexity index is 699. The number of aromatic nitrogens is 3. The van der Waals surface area contributed by atoms with Crippen LogP contribution >= 0.6 is 0 Å². The fraction of sp³-hybridized carbons (Fsp3) is 0.467. The topological polar surface area (TPSA) is 49.2 Å². The predicted molar refractivity (Wildman–Crippen MR) is 82.1 cm³/mol. The molecular formula is C15H19BFN3O2. The lowest BCUT2D eigenvalue weighted by Gasteiger charge is -2.32. The molecule has 0 unspecified atom stereocenters. The summed E-state index contributed by atoms with van der Waals surface area (Å²) in [5, 5.41) is 4.15. The number of halogens is 1. The molecule has 1 aliphatic rings. The van der Waals surface area contributed by atoms with Gasteiger partial charge in [0.15, 0.2) is 5.82 Å². The maximum Gasteiger partial charge on any atom is 0.497 e. The molecule has 1 aromatic heterocycles. The molecule has 2 heterocycles. The number of benzene rings is 1. The molecule has 2 aromatic rings. The second-order valence-corrected chi connectivity index (χ2v) is 6.54. The van der Waals surface area contributed by atoms with Crippen molar-refractivity contribution in [2.24, 2.45) is 7.05 Å². The van der Waals surface area contributed by atoms with E-state index in [1.54, 1.807) is 25.2 Å². The first kappa shape index (κ1) is 15.2. The summed E-state index contributed by atoms with van der Waals surface area (Å²) in [6.45, 7) is 7.76. The molecule has 116 valence electrons. The maximum absolute atomic E-state index is 14.9. The summed E-state index contributed by atoms with van der Waals surface area (Å²) in [5.41, 5.74) is -0.316. The zero-order chi connectivity index (χ0) is 16.1. The Balaban J connectivity index is 2.00. The first-order valence-electron chi connectivity index (χ1n) is 7.21. The second kappa shape index (κ2) is 4.89. The van der Waals surface area contributed by atoms with Gasteiger partial charge in [0.25, 0.3) is 0 Å². The van der Waals surface area contributed by atoms with E-state index >= 15 is 0 Å². The van der Waals surface area contributed by atoms with Crippen LogP contribution in [0.3, 0.4) is 0 Å². The quantitative estimate of drug-likeness (QED) is 0.795. The smallest absolute Gasteiger partial charge is 0.399 e. The first-order valence-corrected chi connectivity index (χ1v) is 7.21. The van der Waals surface area contributed by atoms with Gasteiger partial charge in [-0.15, -0.1) is 0 Å². The van der Waals surface area contributed by atoms with E-state index in [1.165, 1.54) is 11.0 Å². The van der Waals surface area contributed by atoms with Crippen LogP contribution in [0.15, 0.2) is 24.5 Å². The molecule has 0 N–H and O–H groups in total. The highest BCUT2D eigenvalue weighted by Crippen LogP contribution is 2.37. The third-order valence-electron chi connectivity index (χ3n) is 4.38. The number of nitrogens with zero attached hydrogens (tertiary/aromatic N) is 3. The van der Waals surface area contributed by atoms with E-state index in [9.17, 15) is 4.39 Å². The molecule has 1 saturated heterocycles. The van der Waals surface area contributed by atoms with E-state index in [0.717, 1.165) is 0 Å². The lowest BCUT2D eigenvalue weighted by atomic mass is 9.77. The van der Waals surface area contributed by atoms with Crippen LogP contribution in [0.1, 0.15) is 27.7 Å². The zero-order valence-electron chi connectivity index (χ0n) is 13.4. The van der Waals surface area contributed by atoms with Crippen molar-refractivity contribution in [1.82, 2.24) is 14.8 Å².